The predicted octanol–water partition coefficient (Wildman–Crippen LogP) is 3.18. The molecule has 2 rings (SSSR count). The van der Waals surface area contributed by atoms with E-state index in [1.54, 1.807) is 0 Å². The number of carboxylic acid groups (broad SMARTS) is 2. The van der Waals surface area contributed by atoms with E-state index in [-0.39, 0.29) is 0 Å². The summed E-state index contributed by atoms with van der Waals surface area (Å²) in [5, 5.41) is 19.6. The van der Waals surface area contributed by atoms with Crippen LogP contribution in [0.25, 0.3) is 0 Å². The molecule has 0 unspecified atom stereocenters. The van der Waals surface area contributed by atoms with Crippen molar-refractivity contribution in [2.75, 3.05) is 0 Å². The van der Waals surface area contributed by atoms with Gasteiger partial charge in [0.25, 0.3) is 0 Å². The molecule has 0 amide bonds. The highest BCUT2D eigenvalue weighted by molar-refractivity contribution is 6.42. The SMILES string of the molecule is Clc1cccc(CNC2CCCC2)c1Cl.O=C(O)C(=O)O. The Balaban J connectivity index is 0.000000315. The number of halogens is 2. The molecule has 0 saturated heterocycles. The van der Waals surface area contributed by atoms with E-state index in [2.05, 4.69) is 5.32 Å². The first-order chi connectivity index (χ1) is 9.91. The minimum absolute atomic E-state index is 0.641. The molecule has 1 aromatic carbocycles. The highest BCUT2D eigenvalue weighted by atomic mass is 35.5. The van der Waals surface area contributed by atoms with Crippen molar-refractivity contribution in [1.82, 2.24) is 5.32 Å². The minimum Gasteiger partial charge on any atom is -0.473 e. The molecule has 7 heteroatoms. The molecule has 0 radical (unpaired) electrons. The summed E-state index contributed by atoms with van der Waals surface area (Å²) in [6.07, 6.45) is 5.28. The van der Waals surface area contributed by atoms with Crippen molar-refractivity contribution in [3.63, 3.8) is 0 Å². The van der Waals surface area contributed by atoms with Gasteiger partial charge < -0.3 is 15.5 Å². The summed E-state index contributed by atoms with van der Waals surface area (Å²) < 4.78 is 0. The molecule has 1 aliphatic carbocycles. The van der Waals surface area contributed by atoms with Gasteiger partial charge >= 0.3 is 11.9 Å². The molecule has 116 valence electrons. The van der Waals surface area contributed by atoms with E-state index in [0.29, 0.717) is 16.1 Å². The topological polar surface area (TPSA) is 86.6 Å². The fourth-order valence-electron chi connectivity index (χ4n) is 2.07. The number of carboxylic acids is 2. The van der Waals surface area contributed by atoms with Crippen molar-refractivity contribution in [3.05, 3.63) is 33.8 Å². The third-order valence-corrected chi connectivity index (χ3v) is 4.01. The second kappa shape index (κ2) is 8.87. The molecule has 5 nitrogen and oxygen atoms in total. The highest BCUT2D eigenvalue weighted by Gasteiger charge is 2.14. The maximum absolute atomic E-state index is 9.10. The fourth-order valence-corrected chi connectivity index (χ4v) is 2.46. The Labute approximate surface area is 132 Å². The lowest BCUT2D eigenvalue weighted by Crippen LogP contribution is -2.25. The van der Waals surface area contributed by atoms with Crippen LogP contribution >= 0.6 is 23.2 Å². The summed E-state index contributed by atoms with van der Waals surface area (Å²) in [7, 11) is 0. The molecule has 0 heterocycles. The Morgan fingerprint density at radius 2 is 1.71 bits per heavy atom. The average molecular weight is 334 g/mol. The molecule has 21 heavy (non-hydrogen) atoms. The van der Waals surface area contributed by atoms with Gasteiger partial charge in [0.05, 0.1) is 10.0 Å². The van der Waals surface area contributed by atoms with Crippen LogP contribution in [0.3, 0.4) is 0 Å². The van der Waals surface area contributed by atoms with Crippen molar-refractivity contribution in [1.29, 1.82) is 0 Å². The lowest BCUT2D eigenvalue weighted by Gasteiger charge is -2.12. The minimum atomic E-state index is -1.82. The summed E-state index contributed by atoms with van der Waals surface area (Å²) in [6, 6.07) is 6.46. The predicted molar refractivity (Wildman–Crippen MR) is 80.8 cm³/mol. The number of nitrogens with one attached hydrogen (secondary N) is 1. The van der Waals surface area contributed by atoms with Crippen molar-refractivity contribution < 1.29 is 19.8 Å². The monoisotopic (exact) mass is 333 g/mol. The Kier molecular flexibility index (Phi) is 7.50. The Morgan fingerprint density at radius 1 is 1.14 bits per heavy atom. The van der Waals surface area contributed by atoms with E-state index < -0.39 is 11.9 Å². The second-order valence-corrected chi connectivity index (χ2v) is 5.47. The lowest BCUT2D eigenvalue weighted by atomic mass is 10.2. The van der Waals surface area contributed by atoms with Crippen LogP contribution in [0.2, 0.25) is 10.0 Å². The summed E-state index contributed by atoms with van der Waals surface area (Å²) >= 11 is 12.1. The quantitative estimate of drug-likeness (QED) is 0.739. The first-order valence-corrected chi connectivity index (χ1v) is 7.30. The van der Waals surface area contributed by atoms with Gasteiger partial charge in [0.2, 0.25) is 0 Å². The van der Waals surface area contributed by atoms with Gasteiger partial charge in [-0.1, -0.05) is 48.2 Å². The number of aliphatic carboxylic acids is 2. The number of rotatable bonds is 3. The second-order valence-electron chi connectivity index (χ2n) is 4.69. The molecule has 0 spiro atoms. The van der Waals surface area contributed by atoms with Crippen molar-refractivity contribution >= 4 is 35.1 Å². The van der Waals surface area contributed by atoms with Crippen LogP contribution in [0.4, 0.5) is 0 Å². The lowest BCUT2D eigenvalue weighted by molar-refractivity contribution is -0.159. The maximum atomic E-state index is 9.10. The van der Waals surface area contributed by atoms with Crippen LogP contribution < -0.4 is 5.32 Å². The molecule has 1 fully saturated rings. The van der Waals surface area contributed by atoms with E-state index in [4.69, 9.17) is 43.0 Å². The van der Waals surface area contributed by atoms with E-state index >= 15 is 0 Å². The van der Waals surface area contributed by atoms with E-state index in [0.717, 1.165) is 12.1 Å². The normalized spacial score (nSPS) is 14.4. The van der Waals surface area contributed by atoms with Crippen molar-refractivity contribution in [2.24, 2.45) is 0 Å². The van der Waals surface area contributed by atoms with Gasteiger partial charge in [-0.3, -0.25) is 0 Å². The van der Waals surface area contributed by atoms with Gasteiger partial charge in [-0.25, -0.2) is 9.59 Å². The zero-order valence-corrected chi connectivity index (χ0v) is 12.8. The third kappa shape index (κ3) is 6.33. The van der Waals surface area contributed by atoms with E-state index in [1.807, 2.05) is 18.2 Å². The highest BCUT2D eigenvalue weighted by Crippen LogP contribution is 2.26. The first-order valence-electron chi connectivity index (χ1n) is 6.54. The first kappa shape index (κ1) is 17.8. The van der Waals surface area contributed by atoms with Crippen molar-refractivity contribution in [2.45, 2.75) is 38.3 Å². The van der Waals surface area contributed by atoms with Crippen LogP contribution in [0.5, 0.6) is 0 Å². The fraction of sp³-hybridized carbons (Fsp3) is 0.429. The molecule has 0 bridgehead atoms. The van der Waals surface area contributed by atoms with Crippen LogP contribution in [0, 0.1) is 0 Å². The standard InChI is InChI=1S/C12H15Cl2N.C2H2O4/c13-11-7-3-4-9(12(11)14)8-15-10-5-1-2-6-10;3-1(4)2(5)6/h3-4,7,10,15H,1-2,5-6,8H2;(H,3,4)(H,5,6). The molecule has 0 aromatic heterocycles. The average Bonchev–Trinajstić information content (AvgIpc) is 2.94. The number of hydrogen-bond acceptors (Lipinski definition) is 3. The molecule has 0 aliphatic heterocycles. The summed E-state index contributed by atoms with van der Waals surface area (Å²) in [5.41, 5.74) is 1.09. The number of hydrogen-bond donors (Lipinski definition) is 3. The summed E-state index contributed by atoms with van der Waals surface area (Å²) in [4.78, 5) is 18.2. The molecular weight excluding hydrogens is 317 g/mol. The molecule has 3 N–H and O–H groups in total. The van der Waals surface area contributed by atoms with Crippen LogP contribution in [0.15, 0.2) is 18.2 Å². The zero-order chi connectivity index (χ0) is 15.8. The Hall–Kier alpha value is -1.30. The largest absolute Gasteiger partial charge is 0.473 e. The molecule has 0 atom stereocenters. The number of carbonyl (C=O) groups is 2. The van der Waals surface area contributed by atoms with Crippen LogP contribution in [-0.2, 0) is 16.1 Å². The van der Waals surface area contributed by atoms with Gasteiger partial charge in [-0.15, -0.1) is 0 Å². The summed E-state index contributed by atoms with van der Waals surface area (Å²) in [6.45, 7) is 0.823. The van der Waals surface area contributed by atoms with Crippen LogP contribution in [0.1, 0.15) is 31.2 Å². The summed E-state index contributed by atoms with van der Waals surface area (Å²) in [5.74, 6) is -3.65. The van der Waals surface area contributed by atoms with E-state index in [1.165, 1.54) is 25.7 Å². The van der Waals surface area contributed by atoms with Gasteiger partial charge in [0.1, 0.15) is 0 Å². The van der Waals surface area contributed by atoms with Gasteiger partial charge in [0.15, 0.2) is 0 Å². The Morgan fingerprint density at radius 3 is 2.24 bits per heavy atom. The number of benzene rings is 1. The zero-order valence-electron chi connectivity index (χ0n) is 11.3. The molecule has 1 aromatic rings. The van der Waals surface area contributed by atoms with Crippen molar-refractivity contribution in [3.8, 4) is 0 Å². The van der Waals surface area contributed by atoms with Gasteiger partial charge in [-0.2, -0.15) is 0 Å². The Bertz CT molecular complexity index is 490. The van der Waals surface area contributed by atoms with Gasteiger partial charge in [-0.05, 0) is 24.5 Å². The third-order valence-electron chi connectivity index (χ3n) is 3.15. The van der Waals surface area contributed by atoms with Crippen LogP contribution in [-0.4, -0.2) is 28.2 Å². The molecular formula is C14H17Cl2NO4. The maximum Gasteiger partial charge on any atom is 0.414 e. The van der Waals surface area contributed by atoms with Gasteiger partial charge in [0, 0.05) is 12.6 Å². The smallest absolute Gasteiger partial charge is 0.414 e. The molecule has 1 aliphatic rings. The molecule has 1 saturated carbocycles. The van der Waals surface area contributed by atoms with E-state index in [9.17, 15) is 0 Å².